The van der Waals surface area contributed by atoms with Crippen LogP contribution in [0.2, 0.25) is 5.02 Å². The van der Waals surface area contributed by atoms with Crippen molar-refractivity contribution in [1.82, 2.24) is 0 Å². The summed E-state index contributed by atoms with van der Waals surface area (Å²) in [4.78, 5) is 10.8. The van der Waals surface area contributed by atoms with E-state index in [1.165, 1.54) is 37.4 Å². The molecule has 0 aliphatic heterocycles. The molecular formula is C14H11ClFNO4S. The third-order valence-corrected chi connectivity index (χ3v) is 4.35. The van der Waals surface area contributed by atoms with Crippen molar-refractivity contribution in [2.24, 2.45) is 0 Å². The van der Waals surface area contributed by atoms with Gasteiger partial charge in [-0.1, -0.05) is 17.7 Å². The highest BCUT2D eigenvalue weighted by Crippen LogP contribution is 2.23. The molecule has 5 nitrogen and oxygen atoms in total. The summed E-state index contributed by atoms with van der Waals surface area (Å²) in [5, 5.41) is 0.0880. The fourth-order valence-electron chi connectivity index (χ4n) is 1.72. The van der Waals surface area contributed by atoms with E-state index in [4.69, 9.17) is 11.6 Å². The van der Waals surface area contributed by atoms with Gasteiger partial charge in [0.15, 0.2) is 0 Å². The molecule has 0 spiro atoms. The second kappa shape index (κ2) is 6.33. The number of hydrogen-bond acceptors (Lipinski definition) is 4. The fraction of sp³-hybridized carbons (Fsp3) is 0.0714. The molecule has 0 aliphatic carbocycles. The normalized spacial score (nSPS) is 11.0. The lowest BCUT2D eigenvalue weighted by atomic mass is 10.2. The standard InChI is InChI=1S/C14H11ClFNO4S/c1-21-14(18)9-3-2-4-11(7-9)17-22(19,20)13-8-10(15)5-6-12(13)16/h2-8,17H,1H3. The zero-order valence-corrected chi connectivity index (χ0v) is 12.9. The van der Waals surface area contributed by atoms with Crippen LogP contribution >= 0.6 is 11.6 Å². The summed E-state index contributed by atoms with van der Waals surface area (Å²) >= 11 is 5.69. The average Bonchev–Trinajstić information content (AvgIpc) is 2.48. The minimum Gasteiger partial charge on any atom is -0.465 e. The summed E-state index contributed by atoms with van der Waals surface area (Å²) in [5.41, 5.74) is 0.261. The summed E-state index contributed by atoms with van der Waals surface area (Å²) in [5.74, 6) is -1.55. The van der Waals surface area contributed by atoms with Gasteiger partial charge in [0.1, 0.15) is 10.7 Å². The van der Waals surface area contributed by atoms with E-state index in [-0.39, 0.29) is 16.3 Å². The van der Waals surface area contributed by atoms with E-state index in [2.05, 4.69) is 9.46 Å². The monoisotopic (exact) mass is 343 g/mol. The molecule has 8 heteroatoms. The van der Waals surface area contributed by atoms with Crippen LogP contribution < -0.4 is 4.72 Å². The van der Waals surface area contributed by atoms with Crippen LogP contribution in [0.4, 0.5) is 10.1 Å². The number of rotatable bonds is 4. The van der Waals surface area contributed by atoms with E-state index in [1.807, 2.05) is 0 Å². The minimum atomic E-state index is -4.18. The average molecular weight is 344 g/mol. The largest absolute Gasteiger partial charge is 0.465 e. The van der Waals surface area contributed by atoms with Crippen LogP contribution in [0.1, 0.15) is 10.4 Å². The lowest BCUT2D eigenvalue weighted by Gasteiger charge is -2.10. The number of benzene rings is 2. The Kier molecular flexibility index (Phi) is 4.68. The maximum atomic E-state index is 13.7. The van der Waals surface area contributed by atoms with Crippen molar-refractivity contribution in [2.45, 2.75) is 4.90 Å². The minimum absolute atomic E-state index is 0.0880. The van der Waals surface area contributed by atoms with Gasteiger partial charge in [0.2, 0.25) is 0 Å². The molecule has 1 N–H and O–H groups in total. The Morgan fingerprint density at radius 3 is 2.64 bits per heavy atom. The van der Waals surface area contributed by atoms with E-state index < -0.39 is 26.7 Å². The van der Waals surface area contributed by atoms with Gasteiger partial charge < -0.3 is 4.74 Å². The zero-order valence-electron chi connectivity index (χ0n) is 11.3. The smallest absolute Gasteiger partial charge is 0.337 e. The summed E-state index contributed by atoms with van der Waals surface area (Å²) in [6, 6.07) is 8.85. The molecular weight excluding hydrogens is 333 g/mol. The van der Waals surface area contributed by atoms with E-state index >= 15 is 0 Å². The number of nitrogens with one attached hydrogen (secondary N) is 1. The molecule has 0 heterocycles. The summed E-state index contributed by atoms with van der Waals surface area (Å²) in [7, 11) is -2.97. The van der Waals surface area contributed by atoms with Crippen molar-refractivity contribution in [3.05, 3.63) is 58.9 Å². The molecule has 0 aromatic heterocycles. The highest BCUT2D eigenvalue weighted by molar-refractivity contribution is 7.92. The maximum Gasteiger partial charge on any atom is 0.337 e. The highest BCUT2D eigenvalue weighted by Gasteiger charge is 2.20. The predicted octanol–water partition coefficient (Wildman–Crippen LogP) is 3.07. The molecule has 22 heavy (non-hydrogen) atoms. The summed E-state index contributed by atoms with van der Waals surface area (Å²) < 4.78 is 44.8. The topological polar surface area (TPSA) is 72.5 Å². The lowest BCUT2D eigenvalue weighted by Crippen LogP contribution is -2.15. The molecule has 116 valence electrons. The van der Waals surface area contributed by atoms with Crippen molar-refractivity contribution < 1.29 is 22.3 Å². The number of ether oxygens (including phenoxy) is 1. The molecule has 2 aromatic rings. The van der Waals surface area contributed by atoms with Crippen LogP contribution in [0.25, 0.3) is 0 Å². The van der Waals surface area contributed by atoms with Gasteiger partial charge in [0, 0.05) is 10.7 Å². The van der Waals surface area contributed by atoms with Gasteiger partial charge in [0.25, 0.3) is 10.0 Å². The van der Waals surface area contributed by atoms with Crippen LogP contribution in [-0.4, -0.2) is 21.5 Å². The van der Waals surface area contributed by atoms with Gasteiger partial charge in [0.05, 0.1) is 12.7 Å². The van der Waals surface area contributed by atoms with Crippen LogP contribution in [0.15, 0.2) is 47.4 Å². The molecule has 2 aromatic carbocycles. The molecule has 0 amide bonds. The van der Waals surface area contributed by atoms with Gasteiger partial charge in [-0.3, -0.25) is 4.72 Å². The van der Waals surface area contributed by atoms with Crippen LogP contribution in [-0.2, 0) is 14.8 Å². The van der Waals surface area contributed by atoms with Crippen molar-refractivity contribution in [1.29, 1.82) is 0 Å². The number of hydrogen-bond donors (Lipinski definition) is 1. The zero-order chi connectivity index (χ0) is 16.3. The van der Waals surface area contributed by atoms with E-state index in [0.717, 1.165) is 12.1 Å². The lowest BCUT2D eigenvalue weighted by molar-refractivity contribution is 0.0601. The Bertz CT molecular complexity index is 823. The highest BCUT2D eigenvalue weighted by atomic mass is 35.5. The molecule has 2 rings (SSSR count). The Labute approximate surface area is 131 Å². The number of sulfonamides is 1. The first-order valence-corrected chi connectivity index (χ1v) is 7.86. The van der Waals surface area contributed by atoms with Gasteiger partial charge in [-0.05, 0) is 36.4 Å². The van der Waals surface area contributed by atoms with Crippen LogP contribution in [0.3, 0.4) is 0 Å². The van der Waals surface area contributed by atoms with Crippen molar-refractivity contribution in [2.75, 3.05) is 11.8 Å². The SMILES string of the molecule is COC(=O)c1cccc(NS(=O)(=O)c2cc(Cl)ccc2F)c1. The number of esters is 1. The molecule has 0 fully saturated rings. The second-order valence-corrected chi connectivity index (χ2v) is 6.34. The number of halogens is 2. The van der Waals surface area contributed by atoms with Crippen molar-refractivity contribution in [3.8, 4) is 0 Å². The summed E-state index contributed by atoms with van der Waals surface area (Å²) in [6.45, 7) is 0. The van der Waals surface area contributed by atoms with E-state index in [0.29, 0.717) is 0 Å². The van der Waals surface area contributed by atoms with Crippen molar-refractivity contribution >= 4 is 33.3 Å². The van der Waals surface area contributed by atoms with Gasteiger partial charge in [-0.15, -0.1) is 0 Å². The molecule has 0 saturated heterocycles. The molecule has 0 saturated carbocycles. The van der Waals surface area contributed by atoms with Crippen LogP contribution in [0, 0.1) is 5.82 Å². The fourth-order valence-corrected chi connectivity index (χ4v) is 3.11. The van der Waals surface area contributed by atoms with E-state index in [1.54, 1.807) is 0 Å². The molecule has 0 atom stereocenters. The van der Waals surface area contributed by atoms with Gasteiger partial charge >= 0.3 is 5.97 Å². The third kappa shape index (κ3) is 3.55. The predicted molar refractivity (Wildman–Crippen MR) is 80.0 cm³/mol. The van der Waals surface area contributed by atoms with E-state index in [9.17, 15) is 17.6 Å². The molecule has 0 unspecified atom stereocenters. The Hall–Kier alpha value is -2.12. The molecule has 0 bridgehead atoms. The second-order valence-electron chi connectivity index (χ2n) is 4.25. The summed E-state index contributed by atoms with van der Waals surface area (Å²) in [6.07, 6.45) is 0. The van der Waals surface area contributed by atoms with Gasteiger partial charge in [-0.2, -0.15) is 0 Å². The Morgan fingerprint density at radius 1 is 1.23 bits per heavy atom. The quantitative estimate of drug-likeness (QED) is 0.866. The number of anilines is 1. The third-order valence-electron chi connectivity index (χ3n) is 2.72. The first kappa shape index (κ1) is 16.3. The Morgan fingerprint density at radius 2 is 1.95 bits per heavy atom. The number of carbonyl (C=O) groups is 1. The maximum absolute atomic E-state index is 13.7. The number of methoxy groups -OCH3 is 1. The van der Waals surface area contributed by atoms with Crippen molar-refractivity contribution in [3.63, 3.8) is 0 Å². The molecule has 0 radical (unpaired) electrons. The Balaban J connectivity index is 2.37. The first-order valence-electron chi connectivity index (χ1n) is 6.00. The van der Waals surface area contributed by atoms with Crippen LogP contribution in [0.5, 0.6) is 0 Å². The van der Waals surface area contributed by atoms with Gasteiger partial charge in [-0.25, -0.2) is 17.6 Å². The molecule has 0 aliphatic rings. The number of carbonyl (C=O) groups excluding carboxylic acids is 1. The first-order chi connectivity index (χ1) is 10.3.